The molecule has 1 aliphatic rings. The molecule has 0 amide bonds. The fourth-order valence-corrected chi connectivity index (χ4v) is 2.82. The maximum absolute atomic E-state index is 2.38. The van der Waals surface area contributed by atoms with Crippen LogP contribution in [-0.4, -0.2) is 24.4 Å². The van der Waals surface area contributed by atoms with Crippen LogP contribution in [0.5, 0.6) is 0 Å². The van der Waals surface area contributed by atoms with E-state index < -0.39 is 0 Å². The number of nitrogens with zero attached hydrogens (tertiary/aromatic N) is 2. The predicted molar refractivity (Wildman–Crippen MR) is 64.2 cm³/mol. The molecule has 3 heteroatoms. The summed E-state index contributed by atoms with van der Waals surface area (Å²) in [6, 6.07) is 2.27. The molecule has 2 nitrogen and oxygen atoms in total. The highest BCUT2D eigenvalue weighted by Crippen LogP contribution is 2.34. The smallest absolute Gasteiger partial charge is 0.109 e. The molecule has 0 saturated heterocycles. The van der Waals surface area contributed by atoms with Gasteiger partial charge in [0.15, 0.2) is 0 Å². The van der Waals surface area contributed by atoms with Gasteiger partial charge in [0, 0.05) is 32.0 Å². The number of rotatable bonds is 2. The van der Waals surface area contributed by atoms with Gasteiger partial charge in [0.1, 0.15) is 5.82 Å². The van der Waals surface area contributed by atoms with E-state index >= 15 is 0 Å². The lowest BCUT2D eigenvalue weighted by atomic mass is 10.3. The van der Waals surface area contributed by atoms with Crippen LogP contribution in [0.4, 0.5) is 5.82 Å². The lowest BCUT2D eigenvalue weighted by molar-refractivity contribution is 0.695. The summed E-state index contributed by atoms with van der Waals surface area (Å²) in [4.78, 5) is 2.18. The zero-order valence-corrected chi connectivity index (χ0v) is 9.77. The van der Waals surface area contributed by atoms with E-state index in [1.165, 1.54) is 16.4 Å². The van der Waals surface area contributed by atoms with E-state index in [4.69, 9.17) is 0 Å². The number of aromatic nitrogens is 1. The first-order valence-electron chi connectivity index (χ1n) is 4.94. The molecule has 1 aromatic heterocycles. The summed E-state index contributed by atoms with van der Waals surface area (Å²) in [5.74, 6) is 2.40. The summed E-state index contributed by atoms with van der Waals surface area (Å²) in [7, 11) is 4.20. The highest BCUT2D eigenvalue weighted by atomic mass is 32.2. The first kappa shape index (κ1) is 9.71. The van der Waals surface area contributed by atoms with Crippen LogP contribution < -0.4 is 4.90 Å². The Hall–Kier alpha value is -0.830. The lowest BCUT2D eigenvalue weighted by Crippen LogP contribution is -2.14. The summed E-state index contributed by atoms with van der Waals surface area (Å²) in [5, 5.41) is 1.42. The van der Waals surface area contributed by atoms with E-state index in [0.717, 1.165) is 12.3 Å². The van der Waals surface area contributed by atoms with Crippen LogP contribution in [0.3, 0.4) is 0 Å². The SMILES string of the molecule is CCn1c(N(C)C)cc2c1SCC=C2. The highest BCUT2D eigenvalue weighted by molar-refractivity contribution is 7.99. The summed E-state index contributed by atoms with van der Waals surface area (Å²) in [6.45, 7) is 3.25. The van der Waals surface area contributed by atoms with Gasteiger partial charge in [-0.25, -0.2) is 0 Å². The topological polar surface area (TPSA) is 8.17 Å². The van der Waals surface area contributed by atoms with Crippen LogP contribution in [0.15, 0.2) is 17.2 Å². The van der Waals surface area contributed by atoms with Crippen molar-refractivity contribution in [2.45, 2.75) is 18.5 Å². The molecule has 0 aliphatic carbocycles. The Balaban J connectivity index is 2.53. The monoisotopic (exact) mass is 208 g/mol. The third-order valence-electron chi connectivity index (χ3n) is 2.44. The second kappa shape index (κ2) is 3.73. The number of thioether (sulfide) groups is 1. The third-order valence-corrected chi connectivity index (χ3v) is 3.53. The molecule has 0 fully saturated rings. The molecule has 0 atom stereocenters. The van der Waals surface area contributed by atoms with Gasteiger partial charge < -0.3 is 9.47 Å². The van der Waals surface area contributed by atoms with E-state index in [-0.39, 0.29) is 0 Å². The van der Waals surface area contributed by atoms with Crippen molar-refractivity contribution in [2.75, 3.05) is 24.7 Å². The zero-order chi connectivity index (χ0) is 10.1. The standard InChI is InChI=1S/C11H16N2S/c1-4-13-10(12(2)3)8-9-6-5-7-14-11(9)13/h5-6,8H,4,7H2,1-3H3. The normalized spacial score (nSPS) is 14.2. The molecule has 0 bridgehead atoms. The second-order valence-corrected chi connectivity index (χ2v) is 4.62. The fraction of sp³-hybridized carbons (Fsp3) is 0.455. The summed E-state index contributed by atoms with van der Waals surface area (Å²) in [6.07, 6.45) is 4.46. The molecule has 0 aromatic carbocycles. The molecular weight excluding hydrogens is 192 g/mol. The number of hydrogen-bond donors (Lipinski definition) is 0. The summed E-state index contributed by atoms with van der Waals surface area (Å²) < 4.78 is 2.38. The zero-order valence-electron chi connectivity index (χ0n) is 8.95. The largest absolute Gasteiger partial charge is 0.364 e. The molecule has 1 aromatic rings. The number of anilines is 1. The minimum atomic E-state index is 1.05. The van der Waals surface area contributed by atoms with Crippen LogP contribution in [0.2, 0.25) is 0 Å². The third kappa shape index (κ3) is 1.46. The van der Waals surface area contributed by atoms with Crippen molar-refractivity contribution >= 4 is 23.7 Å². The Labute approximate surface area is 89.6 Å². The van der Waals surface area contributed by atoms with Crippen LogP contribution in [0.1, 0.15) is 12.5 Å². The van der Waals surface area contributed by atoms with Crippen molar-refractivity contribution in [2.24, 2.45) is 0 Å². The van der Waals surface area contributed by atoms with E-state index in [1.54, 1.807) is 0 Å². The molecule has 76 valence electrons. The molecule has 2 rings (SSSR count). The highest BCUT2D eigenvalue weighted by Gasteiger charge is 2.15. The number of fused-ring (bicyclic) bond motifs is 1. The van der Waals surface area contributed by atoms with Gasteiger partial charge >= 0.3 is 0 Å². The van der Waals surface area contributed by atoms with Crippen molar-refractivity contribution in [1.29, 1.82) is 0 Å². The van der Waals surface area contributed by atoms with E-state index in [1.807, 2.05) is 11.8 Å². The molecule has 0 N–H and O–H groups in total. The average molecular weight is 208 g/mol. The van der Waals surface area contributed by atoms with Crippen LogP contribution in [0, 0.1) is 0 Å². The van der Waals surface area contributed by atoms with Crippen molar-refractivity contribution in [3.63, 3.8) is 0 Å². The van der Waals surface area contributed by atoms with Gasteiger partial charge in [-0.3, -0.25) is 0 Å². The minimum absolute atomic E-state index is 1.05. The van der Waals surface area contributed by atoms with Crippen molar-refractivity contribution in [3.8, 4) is 0 Å². The van der Waals surface area contributed by atoms with E-state index in [9.17, 15) is 0 Å². The Morgan fingerprint density at radius 2 is 2.29 bits per heavy atom. The predicted octanol–water partition coefficient (Wildman–Crippen LogP) is 2.69. The molecule has 0 radical (unpaired) electrons. The minimum Gasteiger partial charge on any atom is -0.364 e. The number of hydrogen-bond acceptors (Lipinski definition) is 2. The van der Waals surface area contributed by atoms with Gasteiger partial charge in [-0.15, -0.1) is 11.8 Å². The molecule has 2 heterocycles. The van der Waals surface area contributed by atoms with Crippen LogP contribution in [0.25, 0.3) is 6.08 Å². The van der Waals surface area contributed by atoms with Gasteiger partial charge in [0.25, 0.3) is 0 Å². The average Bonchev–Trinajstić information content (AvgIpc) is 2.56. The van der Waals surface area contributed by atoms with Gasteiger partial charge in [-0.1, -0.05) is 12.2 Å². The molecule has 0 spiro atoms. The van der Waals surface area contributed by atoms with Gasteiger partial charge in [-0.2, -0.15) is 0 Å². The molecule has 14 heavy (non-hydrogen) atoms. The Morgan fingerprint density at radius 3 is 2.93 bits per heavy atom. The van der Waals surface area contributed by atoms with Crippen molar-refractivity contribution < 1.29 is 0 Å². The molecule has 0 unspecified atom stereocenters. The molecular formula is C11H16N2S. The van der Waals surface area contributed by atoms with Crippen LogP contribution in [-0.2, 0) is 6.54 Å². The van der Waals surface area contributed by atoms with E-state index in [2.05, 4.69) is 48.7 Å². The Bertz CT molecular complexity index is 364. The quantitative estimate of drug-likeness (QED) is 0.738. The Kier molecular flexibility index (Phi) is 2.59. The van der Waals surface area contributed by atoms with Crippen molar-refractivity contribution in [1.82, 2.24) is 4.57 Å². The lowest BCUT2D eigenvalue weighted by Gasteiger charge is -2.17. The van der Waals surface area contributed by atoms with E-state index in [0.29, 0.717) is 0 Å². The van der Waals surface area contributed by atoms with Crippen molar-refractivity contribution in [3.05, 3.63) is 17.7 Å². The maximum Gasteiger partial charge on any atom is 0.109 e. The fourth-order valence-electron chi connectivity index (χ4n) is 1.80. The molecule has 0 saturated carbocycles. The van der Waals surface area contributed by atoms with Gasteiger partial charge in [0.05, 0.1) is 5.03 Å². The first-order valence-corrected chi connectivity index (χ1v) is 5.92. The first-order chi connectivity index (χ1) is 6.74. The second-order valence-electron chi connectivity index (χ2n) is 3.62. The maximum atomic E-state index is 2.38. The van der Waals surface area contributed by atoms with Gasteiger partial charge in [0.2, 0.25) is 0 Å². The van der Waals surface area contributed by atoms with Gasteiger partial charge in [-0.05, 0) is 13.0 Å². The summed E-state index contributed by atoms with van der Waals surface area (Å²) >= 11 is 1.93. The Morgan fingerprint density at radius 1 is 1.50 bits per heavy atom. The van der Waals surface area contributed by atoms with Crippen LogP contribution >= 0.6 is 11.8 Å². The summed E-state index contributed by atoms with van der Waals surface area (Å²) in [5.41, 5.74) is 1.37. The molecule has 1 aliphatic heterocycles.